The van der Waals surface area contributed by atoms with E-state index in [9.17, 15) is 0 Å². The second-order valence-corrected chi connectivity index (χ2v) is 5.59. The van der Waals surface area contributed by atoms with Crippen molar-refractivity contribution in [1.29, 1.82) is 0 Å². The maximum Gasteiger partial charge on any atom is 0.211 e. The number of anilines is 1. The zero-order chi connectivity index (χ0) is 15.6. The van der Waals surface area contributed by atoms with E-state index >= 15 is 0 Å². The monoisotopic (exact) mass is 299 g/mol. The Morgan fingerprint density at radius 1 is 1.23 bits per heavy atom. The maximum atomic E-state index is 6.04. The number of ether oxygens (including phenoxy) is 3. The van der Waals surface area contributed by atoms with E-state index < -0.39 is 5.79 Å². The molecule has 22 heavy (non-hydrogen) atoms. The minimum atomic E-state index is -0.590. The number of allylic oxidation sites excluding steroid dienone is 3. The summed E-state index contributed by atoms with van der Waals surface area (Å²) in [7, 11) is 0. The van der Waals surface area contributed by atoms with Crippen LogP contribution in [0.4, 0.5) is 5.69 Å². The Kier molecular flexibility index (Phi) is 3.94. The van der Waals surface area contributed by atoms with Gasteiger partial charge in [0.1, 0.15) is 17.3 Å². The molecule has 1 unspecified atom stereocenters. The number of hydrogen-bond acceptors (Lipinski definition) is 4. The summed E-state index contributed by atoms with van der Waals surface area (Å²) >= 11 is 0. The van der Waals surface area contributed by atoms with Gasteiger partial charge in [-0.15, -0.1) is 0 Å². The quantitative estimate of drug-likeness (QED) is 0.856. The van der Waals surface area contributed by atoms with Crippen molar-refractivity contribution in [2.75, 3.05) is 12.3 Å². The molecule has 4 nitrogen and oxygen atoms in total. The highest BCUT2D eigenvalue weighted by molar-refractivity contribution is 5.44. The normalized spacial score (nSPS) is 23.6. The van der Waals surface area contributed by atoms with Crippen LogP contribution in [-0.2, 0) is 9.47 Å². The third-order valence-electron chi connectivity index (χ3n) is 3.72. The van der Waals surface area contributed by atoms with Crippen LogP contribution in [0, 0.1) is 0 Å². The summed E-state index contributed by atoms with van der Waals surface area (Å²) < 4.78 is 17.6. The summed E-state index contributed by atoms with van der Waals surface area (Å²) in [6, 6.07) is 7.35. The van der Waals surface area contributed by atoms with E-state index in [1.807, 2.05) is 44.2 Å². The van der Waals surface area contributed by atoms with Crippen molar-refractivity contribution in [3.05, 3.63) is 59.6 Å². The lowest BCUT2D eigenvalue weighted by Gasteiger charge is -2.35. The molecule has 116 valence electrons. The van der Waals surface area contributed by atoms with Gasteiger partial charge in [0.2, 0.25) is 5.79 Å². The summed E-state index contributed by atoms with van der Waals surface area (Å²) in [5.41, 5.74) is 7.58. The predicted octanol–water partition coefficient (Wildman–Crippen LogP) is 3.92. The van der Waals surface area contributed by atoms with Gasteiger partial charge in [0.15, 0.2) is 0 Å². The Hall–Kier alpha value is -2.20. The lowest BCUT2D eigenvalue weighted by Crippen LogP contribution is -2.34. The molecular formula is C18H21NO3. The van der Waals surface area contributed by atoms with Crippen molar-refractivity contribution in [2.45, 2.75) is 32.5 Å². The molecule has 2 aliphatic rings. The van der Waals surface area contributed by atoms with Gasteiger partial charge >= 0.3 is 0 Å². The van der Waals surface area contributed by atoms with Gasteiger partial charge in [-0.1, -0.05) is 6.08 Å². The summed E-state index contributed by atoms with van der Waals surface area (Å²) in [4.78, 5) is 0. The Morgan fingerprint density at radius 2 is 2.00 bits per heavy atom. The summed E-state index contributed by atoms with van der Waals surface area (Å²) in [6.45, 7) is 4.56. The third-order valence-corrected chi connectivity index (χ3v) is 3.72. The van der Waals surface area contributed by atoms with Gasteiger partial charge in [-0.05, 0) is 49.3 Å². The average Bonchev–Trinajstić information content (AvgIpc) is 2.49. The van der Waals surface area contributed by atoms with Crippen LogP contribution >= 0.6 is 0 Å². The second-order valence-electron chi connectivity index (χ2n) is 5.59. The van der Waals surface area contributed by atoms with Gasteiger partial charge in [0.05, 0.1) is 0 Å². The van der Waals surface area contributed by atoms with E-state index in [4.69, 9.17) is 19.9 Å². The molecule has 1 aliphatic carbocycles. The predicted molar refractivity (Wildman–Crippen MR) is 86.1 cm³/mol. The van der Waals surface area contributed by atoms with E-state index in [2.05, 4.69) is 12.2 Å². The molecule has 4 heteroatoms. The third kappa shape index (κ3) is 3.17. The average molecular weight is 299 g/mol. The van der Waals surface area contributed by atoms with Gasteiger partial charge < -0.3 is 19.9 Å². The highest BCUT2D eigenvalue weighted by Crippen LogP contribution is 2.36. The molecule has 1 heterocycles. The lowest BCUT2D eigenvalue weighted by atomic mass is 9.98. The molecule has 3 rings (SSSR count). The van der Waals surface area contributed by atoms with Crippen molar-refractivity contribution in [3.63, 3.8) is 0 Å². The SMILES string of the molecule is CCOC1(C)CC=C2CC=C(Oc3ccc(N)cc3)C=C2O1. The summed E-state index contributed by atoms with van der Waals surface area (Å²) in [6.07, 6.45) is 7.72. The number of rotatable bonds is 4. The molecule has 0 bridgehead atoms. The van der Waals surface area contributed by atoms with Gasteiger partial charge in [-0.3, -0.25) is 0 Å². The van der Waals surface area contributed by atoms with Gasteiger partial charge in [-0.25, -0.2) is 0 Å². The molecule has 1 aliphatic heterocycles. The smallest absolute Gasteiger partial charge is 0.211 e. The maximum absolute atomic E-state index is 6.04. The minimum Gasteiger partial charge on any atom is -0.462 e. The molecule has 0 spiro atoms. The van der Waals surface area contributed by atoms with Crippen molar-refractivity contribution in [1.82, 2.24) is 0 Å². The van der Waals surface area contributed by atoms with E-state index in [0.29, 0.717) is 6.61 Å². The van der Waals surface area contributed by atoms with Crippen molar-refractivity contribution < 1.29 is 14.2 Å². The fourth-order valence-electron chi connectivity index (χ4n) is 2.59. The molecule has 1 aromatic carbocycles. The second kappa shape index (κ2) is 5.89. The number of hydrogen-bond donors (Lipinski definition) is 1. The van der Waals surface area contributed by atoms with E-state index in [-0.39, 0.29) is 0 Å². The van der Waals surface area contributed by atoms with E-state index in [1.54, 1.807) is 0 Å². The molecule has 1 aromatic rings. The van der Waals surface area contributed by atoms with Crippen molar-refractivity contribution in [3.8, 4) is 5.75 Å². The summed E-state index contributed by atoms with van der Waals surface area (Å²) in [5.74, 6) is 1.77. The largest absolute Gasteiger partial charge is 0.462 e. The highest BCUT2D eigenvalue weighted by Gasteiger charge is 2.32. The Labute approximate surface area is 130 Å². The van der Waals surface area contributed by atoms with Gasteiger partial charge in [-0.2, -0.15) is 0 Å². The first-order chi connectivity index (χ1) is 10.6. The Bertz CT molecular complexity index is 643. The molecule has 1 atom stereocenters. The number of nitrogen functional groups attached to an aromatic ring is 1. The molecule has 0 aromatic heterocycles. The molecule has 2 N–H and O–H groups in total. The van der Waals surface area contributed by atoms with E-state index in [1.165, 1.54) is 5.57 Å². The number of benzene rings is 1. The van der Waals surface area contributed by atoms with E-state index in [0.717, 1.165) is 35.8 Å². The summed E-state index contributed by atoms with van der Waals surface area (Å²) in [5, 5.41) is 0. The number of fused-ring (bicyclic) bond motifs is 1. The van der Waals surface area contributed by atoms with Crippen LogP contribution in [0.1, 0.15) is 26.7 Å². The van der Waals surface area contributed by atoms with Crippen LogP contribution in [0.25, 0.3) is 0 Å². The zero-order valence-electron chi connectivity index (χ0n) is 13.0. The van der Waals surface area contributed by atoms with Crippen LogP contribution in [0.15, 0.2) is 59.6 Å². The molecular weight excluding hydrogens is 278 g/mol. The molecule has 0 fully saturated rings. The minimum absolute atomic E-state index is 0.590. The number of nitrogens with two attached hydrogens (primary N) is 1. The molecule has 0 saturated heterocycles. The first-order valence-corrected chi connectivity index (χ1v) is 7.55. The molecule has 0 amide bonds. The van der Waals surface area contributed by atoms with Gasteiger partial charge in [0, 0.05) is 31.7 Å². The topological polar surface area (TPSA) is 53.7 Å². The van der Waals surface area contributed by atoms with Crippen LogP contribution in [-0.4, -0.2) is 12.4 Å². The first kappa shape index (κ1) is 14.7. The van der Waals surface area contributed by atoms with Crippen LogP contribution in [0.5, 0.6) is 5.75 Å². The zero-order valence-corrected chi connectivity index (χ0v) is 13.0. The Morgan fingerprint density at radius 3 is 2.73 bits per heavy atom. The first-order valence-electron chi connectivity index (χ1n) is 7.55. The molecule has 0 saturated carbocycles. The van der Waals surface area contributed by atoms with Gasteiger partial charge in [0.25, 0.3) is 0 Å². The van der Waals surface area contributed by atoms with Crippen molar-refractivity contribution >= 4 is 5.69 Å². The standard InChI is InChI=1S/C18H21NO3/c1-3-20-18(2)11-10-13-4-7-16(12-17(13)22-18)21-15-8-5-14(19)6-9-15/h5-10,12H,3-4,11,19H2,1-2H3. The fourth-order valence-corrected chi connectivity index (χ4v) is 2.59. The lowest BCUT2D eigenvalue weighted by molar-refractivity contribution is -0.200. The highest BCUT2D eigenvalue weighted by atomic mass is 16.7. The van der Waals surface area contributed by atoms with Crippen molar-refractivity contribution in [2.24, 2.45) is 0 Å². The van der Waals surface area contributed by atoms with Crippen LogP contribution < -0.4 is 10.5 Å². The Balaban J connectivity index is 1.75. The van der Waals surface area contributed by atoms with Crippen LogP contribution in [0.2, 0.25) is 0 Å². The van der Waals surface area contributed by atoms with Crippen LogP contribution in [0.3, 0.4) is 0 Å². The molecule has 0 radical (unpaired) electrons. The fraction of sp³-hybridized carbons (Fsp3) is 0.333.